The minimum Gasteiger partial charge on any atom is -0.414 e. The molecule has 0 aliphatic carbocycles. The molecule has 0 aromatic heterocycles. The van der Waals surface area contributed by atoms with Crippen LogP contribution in [0.25, 0.3) is 0 Å². The fourth-order valence-electron chi connectivity index (χ4n) is 0.895. The van der Waals surface area contributed by atoms with Crippen LogP contribution in [0.5, 0.6) is 0 Å². The summed E-state index contributed by atoms with van der Waals surface area (Å²) in [5.74, 6) is 0. The zero-order chi connectivity index (χ0) is 11.0. The minimum atomic E-state index is -1.70. The summed E-state index contributed by atoms with van der Waals surface area (Å²) >= 11 is 0. The molecule has 0 bridgehead atoms. The molecule has 0 aromatic carbocycles. The second kappa shape index (κ2) is 3.93. The number of epoxide rings is 1. The first kappa shape index (κ1) is 12.2. The Kier molecular flexibility index (Phi) is 3.41. The maximum atomic E-state index is 9.59. The minimum absolute atomic E-state index is 0.0276. The smallest absolute Gasteiger partial charge is 0.192 e. The zero-order valence-corrected chi connectivity index (χ0v) is 10.8. The molecule has 14 heavy (non-hydrogen) atoms. The third-order valence-electron chi connectivity index (χ3n) is 3.21. The molecule has 1 aliphatic rings. The van der Waals surface area contributed by atoms with Crippen molar-refractivity contribution in [3.05, 3.63) is 0 Å². The normalized spacial score (nSPS) is 24.9. The van der Waals surface area contributed by atoms with Gasteiger partial charge in [-0.1, -0.05) is 20.8 Å². The van der Waals surface area contributed by atoms with Gasteiger partial charge in [-0.25, -0.2) is 0 Å². The van der Waals surface area contributed by atoms with Crippen LogP contribution in [0.15, 0.2) is 0 Å². The number of rotatable bonds is 4. The Hall–Kier alpha value is 0.0969. The van der Waals surface area contributed by atoms with Gasteiger partial charge in [0.25, 0.3) is 0 Å². The molecule has 3 nitrogen and oxygen atoms in total. The highest BCUT2D eigenvalue weighted by Crippen LogP contribution is 2.36. The number of ether oxygens (including phenoxy) is 1. The van der Waals surface area contributed by atoms with Gasteiger partial charge in [-0.05, 0) is 18.1 Å². The molecule has 0 amide bonds. The van der Waals surface area contributed by atoms with Crippen molar-refractivity contribution in [3.8, 4) is 0 Å². The van der Waals surface area contributed by atoms with Crippen LogP contribution in [0.1, 0.15) is 20.8 Å². The average molecular weight is 218 g/mol. The molecule has 0 aromatic rings. The molecular weight excluding hydrogens is 196 g/mol. The summed E-state index contributed by atoms with van der Waals surface area (Å²) in [7, 11) is -1.70. The van der Waals surface area contributed by atoms with E-state index in [-0.39, 0.29) is 11.1 Å². The molecule has 1 saturated heterocycles. The predicted molar refractivity (Wildman–Crippen MR) is 58.9 cm³/mol. The average Bonchev–Trinajstić information content (AvgIpc) is 2.80. The summed E-state index contributed by atoms with van der Waals surface area (Å²) in [4.78, 5) is 0. The van der Waals surface area contributed by atoms with Crippen molar-refractivity contribution in [2.45, 2.75) is 51.1 Å². The fraction of sp³-hybridized carbons (Fsp3) is 1.00. The van der Waals surface area contributed by atoms with Crippen molar-refractivity contribution in [1.82, 2.24) is 0 Å². The summed E-state index contributed by atoms with van der Waals surface area (Å²) in [5, 5.41) is 9.80. The van der Waals surface area contributed by atoms with Crippen LogP contribution in [-0.2, 0) is 9.16 Å². The van der Waals surface area contributed by atoms with Crippen molar-refractivity contribution >= 4 is 8.32 Å². The Balaban J connectivity index is 2.35. The first-order valence-corrected chi connectivity index (χ1v) is 8.08. The molecule has 0 spiro atoms. The molecule has 4 heteroatoms. The third kappa shape index (κ3) is 3.05. The molecule has 84 valence electrons. The molecule has 2 atom stereocenters. The van der Waals surface area contributed by atoms with Gasteiger partial charge in [0.1, 0.15) is 12.2 Å². The fourth-order valence-corrected chi connectivity index (χ4v) is 1.92. The Labute approximate surface area is 87.5 Å². The standard InChI is InChI=1S/C10H22O3Si/c1-10(2,3)14(4,5)13-6-8(11)9-7-12-9/h8-9,11H,6-7H2,1-5H3. The van der Waals surface area contributed by atoms with Crippen LogP contribution in [0.3, 0.4) is 0 Å². The second-order valence-corrected chi connectivity index (χ2v) is 10.3. The summed E-state index contributed by atoms with van der Waals surface area (Å²) in [6.45, 7) is 12.1. The van der Waals surface area contributed by atoms with Crippen LogP contribution in [-0.4, -0.2) is 38.8 Å². The van der Waals surface area contributed by atoms with E-state index in [2.05, 4.69) is 33.9 Å². The van der Waals surface area contributed by atoms with E-state index in [0.717, 1.165) is 0 Å². The molecule has 0 saturated carbocycles. The Morgan fingerprint density at radius 3 is 2.36 bits per heavy atom. The lowest BCUT2D eigenvalue weighted by Gasteiger charge is -2.36. The van der Waals surface area contributed by atoms with Gasteiger partial charge >= 0.3 is 0 Å². The molecular formula is C10H22O3Si. The summed E-state index contributed by atoms with van der Waals surface area (Å²) < 4.78 is 10.9. The van der Waals surface area contributed by atoms with E-state index in [1.807, 2.05) is 0 Å². The first-order chi connectivity index (χ1) is 6.24. The van der Waals surface area contributed by atoms with E-state index >= 15 is 0 Å². The van der Waals surface area contributed by atoms with E-state index in [1.54, 1.807) is 0 Å². The Bertz CT molecular complexity index is 194. The number of hydrogen-bond donors (Lipinski definition) is 1. The summed E-state index contributed by atoms with van der Waals surface area (Å²) in [6, 6.07) is 0. The molecule has 1 aliphatic heterocycles. The highest BCUT2D eigenvalue weighted by molar-refractivity contribution is 6.74. The highest BCUT2D eigenvalue weighted by Gasteiger charge is 2.39. The van der Waals surface area contributed by atoms with Gasteiger partial charge in [-0.15, -0.1) is 0 Å². The molecule has 2 unspecified atom stereocenters. The Morgan fingerprint density at radius 1 is 1.50 bits per heavy atom. The van der Waals surface area contributed by atoms with Gasteiger partial charge in [0.2, 0.25) is 0 Å². The molecule has 1 heterocycles. The van der Waals surface area contributed by atoms with Gasteiger partial charge in [0.15, 0.2) is 8.32 Å². The van der Waals surface area contributed by atoms with Gasteiger partial charge in [-0.3, -0.25) is 0 Å². The largest absolute Gasteiger partial charge is 0.414 e. The molecule has 1 fully saturated rings. The lowest BCUT2D eigenvalue weighted by Crippen LogP contribution is -2.43. The summed E-state index contributed by atoms with van der Waals surface area (Å²) in [6.07, 6.45) is -0.413. The van der Waals surface area contributed by atoms with Crippen LogP contribution in [0.2, 0.25) is 18.1 Å². The maximum Gasteiger partial charge on any atom is 0.192 e. The van der Waals surface area contributed by atoms with Crippen molar-refractivity contribution < 1.29 is 14.3 Å². The van der Waals surface area contributed by atoms with E-state index in [9.17, 15) is 5.11 Å². The van der Waals surface area contributed by atoms with E-state index in [0.29, 0.717) is 13.2 Å². The molecule has 1 rings (SSSR count). The van der Waals surface area contributed by atoms with Crippen LogP contribution < -0.4 is 0 Å². The highest BCUT2D eigenvalue weighted by atomic mass is 28.4. The van der Waals surface area contributed by atoms with E-state index in [1.165, 1.54) is 0 Å². The third-order valence-corrected chi connectivity index (χ3v) is 7.71. The second-order valence-electron chi connectivity index (χ2n) is 5.51. The maximum absolute atomic E-state index is 9.59. The van der Waals surface area contributed by atoms with Gasteiger partial charge in [0.05, 0.1) is 13.2 Å². The van der Waals surface area contributed by atoms with Gasteiger partial charge in [-0.2, -0.15) is 0 Å². The van der Waals surface area contributed by atoms with Crippen molar-refractivity contribution in [3.63, 3.8) is 0 Å². The van der Waals surface area contributed by atoms with Crippen LogP contribution >= 0.6 is 0 Å². The monoisotopic (exact) mass is 218 g/mol. The number of aliphatic hydroxyl groups excluding tert-OH is 1. The van der Waals surface area contributed by atoms with E-state index in [4.69, 9.17) is 9.16 Å². The predicted octanol–water partition coefficient (Wildman–Crippen LogP) is 1.77. The first-order valence-electron chi connectivity index (χ1n) is 5.18. The number of aliphatic hydroxyl groups is 1. The van der Waals surface area contributed by atoms with Crippen LogP contribution in [0.4, 0.5) is 0 Å². The van der Waals surface area contributed by atoms with Gasteiger partial charge in [0, 0.05) is 0 Å². The topological polar surface area (TPSA) is 42.0 Å². The Morgan fingerprint density at radius 2 is 2.00 bits per heavy atom. The SMILES string of the molecule is CC(C)(C)[Si](C)(C)OCC(O)C1CO1. The molecule has 1 N–H and O–H groups in total. The van der Waals surface area contributed by atoms with Crippen molar-refractivity contribution in [1.29, 1.82) is 0 Å². The molecule has 0 radical (unpaired) electrons. The summed E-state index contributed by atoms with van der Waals surface area (Å²) in [5.41, 5.74) is 0. The lowest BCUT2D eigenvalue weighted by atomic mass is 10.2. The van der Waals surface area contributed by atoms with E-state index < -0.39 is 14.4 Å². The van der Waals surface area contributed by atoms with Crippen molar-refractivity contribution in [2.24, 2.45) is 0 Å². The van der Waals surface area contributed by atoms with Crippen molar-refractivity contribution in [2.75, 3.05) is 13.2 Å². The quantitative estimate of drug-likeness (QED) is 0.577. The van der Waals surface area contributed by atoms with Gasteiger partial charge < -0.3 is 14.3 Å². The van der Waals surface area contributed by atoms with Crippen LogP contribution in [0, 0.1) is 0 Å². The zero-order valence-electron chi connectivity index (χ0n) is 9.83. The number of hydrogen-bond acceptors (Lipinski definition) is 3. The lowest BCUT2D eigenvalue weighted by molar-refractivity contribution is 0.0749.